The van der Waals surface area contributed by atoms with Crippen LogP contribution in [0.15, 0.2) is 11.1 Å². The van der Waals surface area contributed by atoms with Crippen molar-refractivity contribution in [3.8, 4) is 0 Å². The highest BCUT2D eigenvalue weighted by molar-refractivity contribution is 5.20. The van der Waals surface area contributed by atoms with Crippen molar-refractivity contribution in [3.63, 3.8) is 0 Å². The number of rotatable bonds is 9. The molecular weight excluding hydrogens is 242 g/mol. The maximum absolute atomic E-state index is 3.31. The molecule has 120 valence electrons. The highest BCUT2D eigenvalue weighted by atomic mass is 14.8. The molecule has 0 aliphatic rings. The van der Waals surface area contributed by atoms with Crippen LogP contribution < -0.4 is 5.32 Å². The van der Waals surface area contributed by atoms with E-state index in [1.165, 1.54) is 19.3 Å². The van der Waals surface area contributed by atoms with Crippen molar-refractivity contribution in [2.45, 2.75) is 74.7 Å². The average molecular weight is 282 g/mol. The summed E-state index contributed by atoms with van der Waals surface area (Å²) in [7, 11) is 2.05. The first-order valence-corrected chi connectivity index (χ1v) is 8.51. The van der Waals surface area contributed by atoms with E-state index in [1.54, 1.807) is 11.1 Å². The Balaban J connectivity index is 5.09. The summed E-state index contributed by atoms with van der Waals surface area (Å²) >= 11 is 0. The second-order valence-electron chi connectivity index (χ2n) is 7.71. The van der Waals surface area contributed by atoms with E-state index in [1.807, 2.05) is 7.05 Å². The fourth-order valence-corrected chi connectivity index (χ4v) is 3.52. The van der Waals surface area contributed by atoms with Gasteiger partial charge in [-0.1, -0.05) is 66.0 Å². The van der Waals surface area contributed by atoms with Gasteiger partial charge in [0.25, 0.3) is 0 Å². The summed E-state index contributed by atoms with van der Waals surface area (Å²) in [6.45, 7) is 20.1. The van der Waals surface area contributed by atoms with Gasteiger partial charge in [0.05, 0.1) is 0 Å². The molecule has 0 aliphatic carbocycles. The molecule has 2 unspecified atom stereocenters. The van der Waals surface area contributed by atoms with E-state index < -0.39 is 0 Å². The number of hydrogen-bond acceptors (Lipinski definition) is 1. The van der Waals surface area contributed by atoms with E-state index in [2.05, 4.69) is 60.7 Å². The van der Waals surface area contributed by atoms with Crippen molar-refractivity contribution in [3.05, 3.63) is 11.1 Å². The lowest BCUT2D eigenvalue weighted by Gasteiger charge is -2.36. The Kier molecular flexibility index (Phi) is 8.74. The summed E-state index contributed by atoms with van der Waals surface area (Å²) in [6.07, 6.45) is 3.78. The van der Waals surface area contributed by atoms with Gasteiger partial charge < -0.3 is 5.32 Å². The molecular formula is C19H39N. The van der Waals surface area contributed by atoms with Gasteiger partial charge in [-0.2, -0.15) is 0 Å². The molecule has 1 heteroatoms. The Bertz CT molecular complexity index is 299. The maximum Gasteiger partial charge on any atom is 0.0161 e. The Morgan fingerprint density at radius 1 is 1.10 bits per heavy atom. The predicted octanol–water partition coefficient (Wildman–Crippen LogP) is 5.67. The normalized spacial score (nSPS) is 17.1. The third-order valence-electron chi connectivity index (χ3n) is 5.06. The first-order chi connectivity index (χ1) is 9.17. The van der Waals surface area contributed by atoms with E-state index in [0.29, 0.717) is 5.41 Å². The van der Waals surface area contributed by atoms with E-state index in [4.69, 9.17) is 0 Å². The minimum Gasteiger partial charge on any atom is -0.316 e. The molecule has 0 saturated heterocycles. The van der Waals surface area contributed by atoms with Crippen LogP contribution in [0.4, 0.5) is 0 Å². The highest BCUT2D eigenvalue weighted by Gasteiger charge is 2.29. The van der Waals surface area contributed by atoms with Gasteiger partial charge in [-0.05, 0) is 50.0 Å². The molecule has 20 heavy (non-hydrogen) atoms. The lowest BCUT2D eigenvalue weighted by atomic mass is 9.70. The molecule has 0 amide bonds. The van der Waals surface area contributed by atoms with Gasteiger partial charge in [0.2, 0.25) is 0 Å². The summed E-state index contributed by atoms with van der Waals surface area (Å²) < 4.78 is 0. The molecule has 0 rings (SSSR count). The van der Waals surface area contributed by atoms with E-state index in [0.717, 1.165) is 24.3 Å². The molecule has 0 aromatic heterocycles. The van der Waals surface area contributed by atoms with Crippen molar-refractivity contribution in [1.82, 2.24) is 5.32 Å². The fourth-order valence-electron chi connectivity index (χ4n) is 3.52. The Morgan fingerprint density at radius 3 is 2.05 bits per heavy atom. The van der Waals surface area contributed by atoms with Crippen molar-refractivity contribution in [1.29, 1.82) is 0 Å². The van der Waals surface area contributed by atoms with Gasteiger partial charge in [0.1, 0.15) is 0 Å². The van der Waals surface area contributed by atoms with Gasteiger partial charge in [0.15, 0.2) is 0 Å². The van der Waals surface area contributed by atoms with Crippen LogP contribution in [0, 0.1) is 23.2 Å². The van der Waals surface area contributed by atoms with E-state index >= 15 is 0 Å². The zero-order valence-corrected chi connectivity index (χ0v) is 15.6. The minimum atomic E-state index is 0.319. The topological polar surface area (TPSA) is 12.0 Å². The van der Waals surface area contributed by atoms with Crippen LogP contribution in [0.1, 0.15) is 74.7 Å². The molecule has 0 bridgehead atoms. The largest absolute Gasteiger partial charge is 0.316 e. The minimum absolute atomic E-state index is 0.319. The second kappa shape index (κ2) is 8.87. The molecule has 0 fully saturated rings. The van der Waals surface area contributed by atoms with Crippen molar-refractivity contribution in [2.24, 2.45) is 23.2 Å². The number of nitrogens with one attached hydrogen (secondary N) is 1. The van der Waals surface area contributed by atoms with Gasteiger partial charge in [-0.3, -0.25) is 0 Å². The monoisotopic (exact) mass is 281 g/mol. The third kappa shape index (κ3) is 5.99. The van der Waals surface area contributed by atoms with Crippen LogP contribution >= 0.6 is 0 Å². The zero-order valence-electron chi connectivity index (χ0n) is 15.6. The number of allylic oxidation sites excluding steroid dienone is 1. The Morgan fingerprint density at radius 2 is 1.65 bits per heavy atom. The van der Waals surface area contributed by atoms with Gasteiger partial charge in [-0.15, -0.1) is 0 Å². The summed E-state index contributed by atoms with van der Waals surface area (Å²) in [5.74, 6) is 2.35. The Labute approximate surface area is 128 Å². The number of hydrogen-bond donors (Lipinski definition) is 1. The second-order valence-corrected chi connectivity index (χ2v) is 7.71. The molecule has 0 heterocycles. The molecule has 2 atom stereocenters. The van der Waals surface area contributed by atoms with Crippen LogP contribution in [0.5, 0.6) is 0 Å². The predicted molar refractivity (Wildman–Crippen MR) is 93.1 cm³/mol. The molecule has 0 aliphatic heterocycles. The Hall–Kier alpha value is -0.300. The first kappa shape index (κ1) is 19.7. The molecule has 1 nitrogen and oxygen atoms in total. The summed E-state index contributed by atoms with van der Waals surface area (Å²) in [4.78, 5) is 0. The molecule has 0 spiro atoms. The third-order valence-corrected chi connectivity index (χ3v) is 5.06. The van der Waals surface area contributed by atoms with Crippen LogP contribution in [-0.2, 0) is 0 Å². The van der Waals surface area contributed by atoms with E-state index in [-0.39, 0.29) is 0 Å². The smallest absolute Gasteiger partial charge is 0.0161 e. The van der Waals surface area contributed by atoms with Gasteiger partial charge in [-0.25, -0.2) is 0 Å². The van der Waals surface area contributed by atoms with E-state index in [9.17, 15) is 0 Å². The van der Waals surface area contributed by atoms with Crippen molar-refractivity contribution >= 4 is 0 Å². The van der Waals surface area contributed by atoms with Crippen molar-refractivity contribution in [2.75, 3.05) is 13.6 Å². The molecule has 0 aromatic carbocycles. The summed E-state index contributed by atoms with van der Waals surface area (Å²) in [5.41, 5.74) is 3.54. The lowest BCUT2D eigenvalue weighted by molar-refractivity contribution is 0.217. The molecule has 0 aromatic rings. The zero-order chi connectivity index (χ0) is 15.9. The number of likely N-dealkylation sites (N-methyl/N-ethyl adjacent to an activating group) is 1. The van der Waals surface area contributed by atoms with Crippen LogP contribution in [-0.4, -0.2) is 13.6 Å². The van der Waals surface area contributed by atoms with Gasteiger partial charge in [0, 0.05) is 6.54 Å². The van der Waals surface area contributed by atoms with Crippen LogP contribution in [0.3, 0.4) is 0 Å². The summed E-state index contributed by atoms with van der Waals surface area (Å²) in [6, 6.07) is 0. The standard InChI is InChI=1S/C19H39N/c1-10-11-18(16(5)13-20-9)19(7,8)12-15(4)17(6)14(2)3/h14-15,17,20H,10-13H2,1-9H3/b18-16+. The van der Waals surface area contributed by atoms with Crippen LogP contribution in [0.2, 0.25) is 0 Å². The fraction of sp³-hybridized carbons (Fsp3) is 0.895. The summed E-state index contributed by atoms with van der Waals surface area (Å²) in [5, 5.41) is 3.31. The maximum atomic E-state index is 3.31. The SMILES string of the molecule is CCC/C(=C(/C)CNC)C(C)(C)CC(C)C(C)C(C)C. The molecule has 0 saturated carbocycles. The highest BCUT2D eigenvalue weighted by Crippen LogP contribution is 2.40. The van der Waals surface area contributed by atoms with Crippen molar-refractivity contribution < 1.29 is 0 Å². The van der Waals surface area contributed by atoms with Gasteiger partial charge >= 0.3 is 0 Å². The quantitative estimate of drug-likeness (QED) is 0.537. The average Bonchev–Trinajstić information content (AvgIpc) is 2.34. The first-order valence-electron chi connectivity index (χ1n) is 8.51. The molecule has 1 N–H and O–H groups in total. The van der Waals surface area contributed by atoms with Crippen LogP contribution in [0.25, 0.3) is 0 Å². The lowest BCUT2D eigenvalue weighted by Crippen LogP contribution is -2.26. The molecule has 0 radical (unpaired) electrons.